The number of nitrogens with one attached hydrogen (secondary N) is 1. The fraction of sp³-hybridized carbons (Fsp3) is 0.625. The predicted octanol–water partition coefficient (Wildman–Crippen LogP) is 5.43. The van der Waals surface area contributed by atoms with E-state index in [0.29, 0.717) is 22.7 Å². The monoisotopic (exact) mass is 379 g/mol. The van der Waals surface area contributed by atoms with Crippen LogP contribution in [0.3, 0.4) is 0 Å². The van der Waals surface area contributed by atoms with Crippen LogP contribution in [0.15, 0.2) is 16.6 Å². The molecule has 0 aliphatic heterocycles. The molecule has 0 atom stereocenters. The first-order chi connectivity index (χ1) is 10.0. The molecule has 0 amide bonds. The highest BCUT2D eigenvalue weighted by Gasteiger charge is 2.07. The Labute approximate surface area is 140 Å². The number of halogens is 3. The zero-order valence-electron chi connectivity index (χ0n) is 12.7. The van der Waals surface area contributed by atoms with Crippen LogP contribution in [0.5, 0.6) is 5.75 Å². The predicted molar refractivity (Wildman–Crippen MR) is 90.8 cm³/mol. The molecule has 0 saturated heterocycles. The highest BCUT2D eigenvalue weighted by Crippen LogP contribution is 2.30. The van der Waals surface area contributed by atoms with E-state index in [0.717, 1.165) is 25.9 Å². The van der Waals surface area contributed by atoms with Gasteiger partial charge in [-0.15, -0.1) is 0 Å². The Hall–Kier alpha value is -0.320. The van der Waals surface area contributed by atoms with E-state index in [1.54, 1.807) is 0 Å². The summed E-state index contributed by atoms with van der Waals surface area (Å²) >= 11 is 9.00. The minimum Gasteiger partial charge on any atom is -0.492 e. The Morgan fingerprint density at radius 2 is 1.95 bits per heavy atom. The van der Waals surface area contributed by atoms with Crippen molar-refractivity contribution in [3.8, 4) is 5.75 Å². The number of hydrogen-bond acceptors (Lipinski definition) is 2. The summed E-state index contributed by atoms with van der Waals surface area (Å²) in [4.78, 5) is 0. The first kappa shape index (κ1) is 18.7. The van der Waals surface area contributed by atoms with Gasteiger partial charge in [-0.05, 0) is 53.8 Å². The molecule has 1 aromatic carbocycles. The topological polar surface area (TPSA) is 21.3 Å². The van der Waals surface area contributed by atoms with E-state index >= 15 is 0 Å². The molecule has 120 valence electrons. The average molecular weight is 381 g/mol. The Morgan fingerprint density at radius 3 is 2.67 bits per heavy atom. The van der Waals surface area contributed by atoms with Crippen molar-refractivity contribution in [3.05, 3.63) is 27.4 Å². The van der Waals surface area contributed by atoms with Gasteiger partial charge in [0.1, 0.15) is 11.6 Å². The molecular formula is C16H24BrClFNO. The van der Waals surface area contributed by atoms with Gasteiger partial charge in [0.15, 0.2) is 0 Å². The highest BCUT2D eigenvalue weighted by molar-refractivity contribution is 9.10. The van der Waals surface area contributed by atoms with Crippen LogP contribution < -0.4 is 10.1 Å². The van der Waals surface area contributed by atoms with Gasteiger partial charge >= 0.3 is 0 Å². The van der Waals surface area contributed by atoms with Gasteiger partial charge in [-0.25, -0.2) is 4.39 Å². The van der Waals surface area contributed by atoms with Crippen LogP contribution >= 0.6 is 27.5 Å². The van der Waals surface area contributed by atoms with E-state index in [4.69, 9.17) is 16.3 Å². The van der Waals surface area contributed by atoms with Gasteiger partial charge in [0.25, 0.3) is 0 Å². The molecule has 0 spiro atoms. The summed E-state index contributed by atoms with van der Waals surface area (Å²) in [6.07, 6.45) is 4.47. The van der Waals surface area contributed by atoms with Crippen molar-refractivity contribution in [2.45, 2.75) is 39.5 Å². The van der Waals surface area contributed by atoms with Crippen LogP contribution in [-0.2, 0) is 0 Å². The second-order valence-corrected chi connectivity index (χ2v) is 6.82. The average Bonchev–Trinajstić information content (AvgIpc) is 2.42. The Bertz CT molecular complexity index is 429. The number of benzene rings is 1. The first-order valence-corrected chi connectivity index (χ1v) is 8.66. The third kappa shape index (κ3) is 8.03. The molecule has 0 aromatic heterocycles. The second-order valence-electron chi connectivity index (χ2n) is 5.56. The molecule has 0 fully saturated rings. The molecule has 1 rings (SSSR count). The van der Waals surface area contributed by atoms with Gasteiger partial charge in [-0.1, -0.05) is 38.3 Å². The zero-order valence-corrected chi connectivity index (χ0v) is 15.1. The lowest BCUT2D eigenvalue weighted by molar-refractivity contribution is 0.301. The van der Waals surface area contributed by atoms with E-state index in [9.17, 15) is 4.39 Å². The number of hydrogen-bond donors (Lipinski definition) is 1. The maximum atomic E-state index is 13.3. The van der Waals surface area contributed by atoms with Gasteiger partial charge in [0.05, 0.1) is 16.1 Å². The third-order valence-corrected chi connectivity index (χ3v) is 3.94. The molecule has 5 heteroatoms. The maximum Gasteiger partial charge on any atom is 0.145 e. The van der Waals surface area contributed by atoms with Crippen molar-refractivity contribution < 1.29 is 9.13 Å². The normalized spacial score (nSPS) is 11.1. The summed E-state index contributed by atoms with van der Waals surface area (Å²) in [5.41, 5.74) is 0. The quantitative estimate of drug-likeness (QED) is 0.432. The zero-order chi connectivity index (χ0) is 15.7. The first-order valence-electron chi connectivity index (χ1n) is 7.48. The molecule has 0 aliphatic carbocycles. The maximum absolute atomic E-state index is 13.3. The molecule has 1 aromatic rings. The second kappa shape index (κ2) is 10.4. The van der Waals surface area contributed by atoms with Crippen LogP contribution in [0.1, 0.15) is 39.5 Å². The molecule has 21 heavy (non-hydrogen) atoms. The van der Waals surface area contributed by atoms with Gasteiger partial charge in [-0.2, -0.15) is 0 Å². The minimum atomic E-state index is -0.453. The van der Waals surface area contributed by atoms with Crippen LogP contribution in [-0.4, -0.2) is 19.7 Å². The van der Waals surface area contributed by atoms with Crippen LogP contribution in [0.2, 0.25) is 5.02 Å². The van der Waals surface area contributed by atoms with Crippen molar-refractivity contribution >= 4 is 27.5 Å². The summed E-state index contributed by atoms with van der Waals surface area (Å²) in [5, 5.41) is 3.53. The van der Waals surface area contributed by atoms with Crippen LogP contribution in [0.4, 0.5) is 4.39 Å². The molecular weight excluding hydrogens is 357 g/mol. The third-order valence-electron chi connectivity index (χ3n) is 3.03. The van der Waals surface area contributed by atoms with Crippen molar-refractivity contribution in [2.75, 3.05) is 19.7 Å². The molecule has 0 radical (unpaired) electrons. The van der Waals surface area contributed by atoms with Crippen molar-refractivity contribution in [3.63, 3.8) is 0 Å². The van der Waals surface area contributed by atoms with E-state index in [1.165, 1.54) is 25.0 Å². The number of ether oxygens (including phenoxy) is 1. The highest BCUT2D eigenvalue weighted by atomic mass is 79.9. The van der Waals surface area contributed by atoms with E-state index in [2.05, 4.69) is 35.1 Å². The lowest BCUT2D eigenvalue weighted by Crippen LogP contribution is -2.20. The van der Waals surface area contributed by atoms with Crippen molar-refractivity contribution in [2.24, 2.45) is 5.92 Å². The van der Waals surface area contributed by atoms with E-state index in [-0.39, 0.29) is 5.02 Å². The Balaban J connectivity index is 2.08. The summed E-state index contributed by atoms with van der Waals surface area (Å²) < 4.78 is 19.6. The van der Waals surface area contributed by atoms with Gasteiger partial charge in [0.2, 0.25) is 0 Å². The van der Waals surface area contributed by atoms with E-state index < -0.39 is 5.82 Å². The fourth-order valence-electron chi connectivity index (χ4n) is 1.89. The smallest absolute Gasteiger partial charge is 0.145 e. The standard InChI is InChI=1S/C16H24BrClFNO/c1-12(2)11-20-7-5-3-4-6-8-21-16-10-15(19)14(18)9-13(16)17/h9-10,12,20H,3-8,11H2,1-2H3. The van der Waals surface area contributed by atoms with Gasteiger partial charge in [-0.3, -0.25) is 0 Å². The number of unbranched alkanes of at least 4 members (excludes halogenated alkanes) is 3. The van der Waals surface area contributed by atoms with Crippen LogP contribution in [0.25, 0.3) is 0 Å². The van der Waals surface area contributed by atoms with Crippen LogP contribution in [0, 0.1) is 11.7 Å². The molecule has 1 N–H and O–H groups in total. The summed E-state index contributed by atoms with van der Waals surface area (Å²) in [7, 11) is 0. The molecule has 0 aliphatic rings. The fourth-order valence-corrected chi connectivity index (χ4v) is 2.65. The summed E-state index contributed by atoms with van der Waals surface area (Å²) in [6, 6.07) is 2.84. The largest absolute Gasteiger partial charge is 0.492 e. The van der Waals surface area contributed by atoms with Crippen molar-refractivity contribution in [1.82, 2.24) is 5.32 Å². The lowest BCUT2D eigenvalue weighted by atomic mass is 10.2. The van der Waals surface area contributed by atoms with E-state index in [1.807, 2.05) is 0 Å². The Kier molecular flexibility index (Phi) is 9.29. The molecule has 0 heterocycles. The molecule has 0 bridgehead atoms. The minimum absolute atomic E-state index is 0.100. The Morgan fingerprint density at radius 1 is 1.24 bits per heavy atom. The lowest BCUT2D eigenvalue weighted by Gasteiger charge is -2.09. The SMILES string of the molecule is CC(C)CNCCCCCCOc1cc(F)c(Cl)cc1Br. The van der Waals surface area contributed by atoms with Gasteiger partial charge in [0, 0.05) is 6.07 Å². The van der Waals surface area contributed by atoms with Gasteiger partial charge < -0.3 is 10.1 Å². The van der Waals surface area contributed by atoms with Crippen molar-refractivity contribution in [1.29, 1.82) is 0 Å². The number of rotatable bonds is 10. The molecule has 0 unspecified atom stereocenters. The summed E-state index contributed by atoms with van der Waals surface area (Å²) in [6.45, 7) is 7.18. The molecule has 0 saturated carbocycles. The molecule has 2 nitrogen and oxygen atoms in total. The summed E-state index contributed by atoms with van der Waals surface area (Å²) in [5.74, 6) is 0.762.